The van der Waals surface area contributed by atoms with Gasteiger partial charge in [-0.25, -0.2) is 4.79 Å². The van der Waals surface area contributed by atoms with Crippen LogP contribution in [0.3, 0.4) is 0 Å². The minimum atomic E-state index is -0.0732. The van der Waals surface area contributed by atoms with Crippen LogP contribution < -0.4 is 5.32 Å². The maximum absolute atomic E-state index is 12.3. The summed E-state index contributed by atoms with van der Waals surface area (Å²) in [7, 11) is 0. The second kappa shape index (κ2) is 7.16. The molecule has 0 radical (unpaired) electrons. The van der Waals surface area contributed by atoms with Gasteiger partial charge in [0.15, 0.2) is 0 Å². The molecule has 1 fully saturated rings. The van der Waals surface area contributed by atoms with Gasteiger partial charge in [-0.3, -0.25) is 4.79 Å². The van der Waals surface area contributed by atoms with Crippen molar-refractivity contribution in [2.75, 3.05) is 18.4 Å². The van der Waals surface area contributed by atoms with Crippen LogP contribution in [0.1, 0.15) is 52.5 Å². The molecule has 0 saturated carbocycles. The zero-order chi connectivity index (χ0) is 17.0. The fourth-order valence-electron chi connectivity index (χ4n) is 2.95. The second-order valence-corrected chi connectivity index (χ2v) is 7.34. The second-order valence-electron chi connectivity index (χ2n) is 7.34. The molecule has 0 atom stereocenters. The number of hydrogen-bond acceptors (Lipinski definition) is 2. The van der Waals surface area contributed by atoms with Gasteiger partial charge < -0.3 is 10.2 Å². The molecular weight excluding hydrogens is 288 g/mol. The molecule has 1 N–H and O–H groups in total. The molecule has 0 spiro atoms. The molecule has 0 aliphatic carbocycles. The van der Waals surface area contributed by atoms with Crippen molar-refractivity contribution in [3.63, 3.8) is 0 Å². The van der Waals surface area contributed by atoms with E-state index in [1.54, 1.807) is 4.90 Å². The Labute approximate surface area is 139 Å². The van der Waals surface area contributed by atoms with E-state index in [-0.39, 0.29) is 17.4 Å². The largest absolute Gasteiger partial charge is 0.324 e. The van der Waals surface area contributed by atoms with Gasteiger partial charge in [0.2, 0.25) is 0 Å². The monoisotopic (exact) mass is 316 g/mol. The lowest BCUT2D eigenvalue weighted by Gasteiger charge is -2.31. The van der Waals surface area contributed by atoms with Gasteiger partial charge in [0.05, 0.1) is 0 Å². The Kier molecular flexibility index (Phi) is 5.45. The Hall–Kier alpha value is -1.84. The highest BCUT2D eigenvalue weighted by atomic mass is 16.2. The number of carbonyl (C=O) groups excluding carboxylic acids is 2. The van der Waals surface area contributed by atoms with Crippen molar-refractivity contribution in [1.29, 1.82) is 0 Å². The van der Waals surface area contributed by atoms with E-state index in [1.807, 2.05) is 19.1 Å². The van der Waals surface area contributed by atoms with E-state index >= 15 is 0 Å². The standard InChI is InChI=1S/C19H28N2O2/c1-5-17(22)14-10-12-21(13-11-14)18(23)20-16-8-6-15(7-9-16)19(2,3)4/h6-9,14H,5,10-13H2,1-4H3,(H,20,23). The molecule has 23 heavy (non-hydrogen) atoms. The van der Waals surface area contributed by atoms with E-state index in [0.29, 0.717) is 25.3 Å². The molecule has 4 heteroatoms. The fourth-order valence-corrected chi connectivity index (χ4v) is 2.95. The first-order valence-corrected chi connectivity index (χ1v) is 8.50. The molecule has 126 valence electrons. The first-order chi connectivity index (χ1) is 10.8. The van der Waals surface area contributed by atoms with E-state index in [2.05, 4.69) is 38.2 Å². The topological polar surface area (TPSA) is 49.4 Å². The Morgan fingerprint density at radius 1 is 1.13 bits per heavy atom. The first kappa shape index (κ1) is 17.5. The van der Waals surface area contributed by atoms with Gasteiger partial charge in [0.25, 0.3) is 0 Å². The SMILES string of the molecule is CCC(=O)C1CCN(C(=O)Nc2ccc(C(C)(C)C)cc2)CC1. The van der Waals surface area contributed by atoms with E-state index in [1.165, 1.54) is 5.56 Å². The summed E-state index contributed by atoms with van der Waals surface area (Å²) in [6, 6.07) is 7.94. The summed E-state index contributed by atoms with van der Waals surface area (Å²) in [6.07, 6.45) is 2.16. The number of anilines is 1. The maximum atomic E-state index is 12.3. The van der Waals surface area contributed by atoms with Gasteiger partial charge in [0, 0.05) is 31.1 Å². The molecule has 1 heterocycles. The van der Waals surface area contributed by atoms with Gasteiger partial charge in [0.1, 0.15) is 5.78 Å². The zero-order valence-corrected chi connectivity index (χ0v) is 14.7. The third kappa shape index (κ3) is 4.57. The molecule has 2 rings (SSSR count). The van der Waals surface area contributed by atoms with Crippen molar-refractivity contribution in [2.45, 2.75) is 52.4 Å². The Bertz CT molecular complexity index is 550. The highest BCUT2D eigenvalue weighted by Gasteiger charge is 2.26. The molecule has 1 aliphatic heterocycles. The number of hydrogen-bond donors (Lipinski definition) is 1. The summed E-state index contributed by atoms with van der Waals surface area (Å²) in [6.45, 7) is 9.72. The molecule has 0 bridgehead atoms. The van der Waals surface area contributed by atoms with Crippen LogP contribution in [-0.4, -0.2) is 29.8 Å². The van der Waals surface area contributed by atoms with Crippen LogP contribution in [0, 0.1) is 5.92 Å². The van der Waals surface area contributed by atoms with Gasteiger partial charge in [-0.05, 0) is 36.0 Å². The van der Waals surface area contributed by atoms with Gasteiger partial charge in [-0.2, -0.15) is 0 Å². The van der Waals surface area contributed by atoms with Crippen LogP contribution in [0.5, 0.6) is 0 Å². The average Bonchev–Trinajstić information content (AvgIpc) is 2.54. The number of carbonyl (C=O) groups is 2. The van der Waals surface area contributed by atoms with Crippen LogP contribution in [0.4, 0.5) is 10.5 Å². The number of benzene rings is 1. The predicted octanol–water partition coefficient (Wildman–Crippen LogP) is 4.21. The Morgan fingerprint density at radius 3 is 2.17 bits per heavy atom. The van der Waals surface area contributed by atoms with E-state index < -0.39 is 0 Å². The quantitative estimate of drug-likeness (QED) is 0.908. The number of piperidine rings is 1. The van der Waals surface area contributed by atoms with Crippen LogP contribution in [0.25, 0.3) is 0 Å². The molecule has 1 saturated heterocycles. The lowest BCUT2D eigenvalue weighted by molar-refractivity contribution is -0.123. The summed E-state index contributed by atoms with van der Waals surface area (Å²) >= 11 is 0. The minimum absolute atomic E-state index is 0.0732. The third-order valence-electron chi connectivity index (χ3n) is 4.59. The smallest absolute Gasteiger partial charge is 0.321 e. The number of nitrogens with one attached hydrogen (secondary N) is 1. The van der Waals surface area contributed by atoms with Crippen molar-refractivity contribution in [3.8, 4) is 0 Å². The molecule has 1 aliphatic rings. The van der Waals surface area contributed by atoms with Crippen molar-refractivity contribution in [3.05, 3.63) is 29.8 Å². The summed E-state index contributed by atoms with van der Waals surface area (Å²) in [5.41, 5.74) is 2.17. The van der Waals surface area contributed by atoms with Crippen LogP contribution in [0.15, 0.2) is 24.3 Å². The average molecular weight is 316 g/mol. The molecule has 1 aromatic rings. The number of ketones is 1. The van der Waals surface area contributed by atoms with Crippen LogP contribution in [-0.2, 0) is 10.2 Å². The van der Waals surface area contributed by atoms with Gasteiger partial charge in [-0.15, -0.1) is 0 Å². The van der Waals surface area contributed by atoms with Crippen molar-refractivity contribution >= 4 is 17.5 Å². The highest BCUT2D eigenvalue weighted by Crippen LogP contribution is 2.24. The first-order valence-electron chi connectivity index (χ1n) is 8.50. The summed E-state index contributed by atoms with van der Waals surface area (Å²) in [5, 5.41) is 2.95. The number of nitrogens with zero attached hydrogens (tertiary/aromatic N) is 1. The van der Waals surface area contributed by atoms with Crippen LogP contribution in [0.2, 0.25) is 0 Å². The van der Waals surface area contributed by atoms with Gasteiger partial charge >= 0.3 is 6.03 Å². The minimum Gasteiger partial charge on any atom is -0.324 e. The Balaban J connectivity index is 1.89. The molecule has 2 amide bonds. The lowest BCUT2D eigenvalue weighted by atomic mass is 9.87. The Morgan fingerprint density at radius 2 is 1.70 bits per heavy atom. The lowest BCUT2D eigenvalue weighted by Crippen LogP contribution is -2.42. The van der Waals surface area contributed by atoms with Gasteiger partial charge in [-0.1, -0.05) is 39.8 Å². The normalized spacial score (nSPS) is 16.3. The van der Waals surface area contributed by atoms with E-state index in [0.717, 1.165) is 18.5 Å². The van der Waals surface area contributed by atoms with E-state index in [4.69, 9.17) is 0 Å². The molecule has 0 aromatic heterocycles. The van der Waals surface area contributed by atoms with Crippen molar-refractivity contribution in [2.24, 2.45) is 5.92 Å². The molecule has 0 unspecified atom stereocenters. The predicted molar refractivity (Wildman–Crippen MR) is 93.8 cm³/mol. The number of urea groups is 1. The van der Waals surface area contributed by atoms with Crippen molar-refractivity contribution in [1.82, 2.24) is 4.90 Å². The number of likely N-dealkylation sites (tertiary alicyclic amines) is 1. The van der Waals surface area contributed by atoms with Crippen molar-refractivity contribution < 1.29 is 9.59 Å². The summed E-state index contributed by atoms with van der Waals surface area (Å²) in [4.78, 5) is 25.9. The zero-order valence-electron chi connectivity index (χ0n) is 14.7. The van der Waals surface area contributed by atoms with E-state index in [9.17, 15) is 9.59 Å². The molecule has 1 aromatic carbocycles. The third-order valence-corrected chi connectivity index (χ3v) is 4.59. The van der Waals surface area contributed by atoms with Crippen LogP contribution >= 0.6 is 0 Å². The number of rotatable bonds is 3. The summed E-state index contributed by atoms with van der Waals surface area (Å²) in [5.74, 6) is 0.456. The number of amides is 2. The summed E-state index contributed by atoms with van der Waals surface area (Å²) < 4.78 is 0. The highest BCUT2D eigenvalue weighted by molar-refractivity contribution is 5.89. The molecule has 4 nitrogen and oxygen atoms in total. The number of Topliss-reactive ketones (excluding diaryl/α,β-unsaturated/α-hetero) is 1. The maximum Gasteiger partial charge on any atom is 0.321 e. The molecular formula is C19H28N2O2. The fraction of sp³-hybridized carbons (Fsp3) is 0.579.